The first-order valence-corrected chi connectivity index (χ1v) is 8.40. The molecule has 1 aromatic carbocycles. The van der Waals surface area contributed by atoms with Gasteiger partial charge in [-0.05, 0) is 68.2 Å². The van der Waals surface area contributed by atoms with Crippen LogP contribution >= 0.6 is 0 Å². The Bertz CT molecular complexity index is 396. The van der Waals surface area contributed by atoms with Crippen LogP contribution in [0.25, 0.3) is 0 Å². The van der Waals surface area contributed by atoms with Crippen molar-refractivity contribution in [1.82, 2.24) is 5.32 Å². The Kier molecular flexibility index (Phi) is 5.65. The molecule has 0 heterocycles. The van der Waals surface area contributed by atoms with Gasteiger partial charge in [0.05, 0.1) is 0 Å². The fourth-order valence-corrected chi connectivity index (χ4v) is 3.75. The second-order valence-corrected chi connectivity index (χ2v) is 6.76. The molecule has 0 radical (unpaired) electrons. The molecule has 1 aromatic rings. The van der Waals surface area contributed by atoms with Crippen LogP contribution in [-0.4, -0.2) is 12.6 Å². The van der Waals surface area contributed by atoms with Crippen LogP contribution in [0.5, 0.6) is 0 Å². The van der Waals surface area contributed by atoms with Crippen LogP contribution in [-0.2, 0) is 6.42 Å². The Morgan fingerprint density at radius 1 is 1.10 bits per heavy atom. The van der Waals surface area contributed by atoms with Crippen LogP contribution in [0, 0.1) is 25.7 Å². The third kappa shape index (κ3) is 3.85. The molecular weight excluding hydrogens is 242 g/mol. The van der Waals surface area contributed by atoms with Crippen molar-refractivity contribution in [3.63, 3.8) is 0 Å². The topological polar surface area (TPSA) is 12.0 Å². The van der Waals surface area contributed by atoms with Crippen LogP contribution in [0.2, 0.25) is 0 Å². The van der Waals surface area contributed by atoms with Crippen molar-refractivity contribution >= 4 is 0 Å². The summed E-state index contributed by atoms with van der Waals surface area (Å²) >= 11 is 0. The Balaban J connectivity index is 2.09. The Morgan fingerprint density at radius 3 is 2.25 bits per heavy atom. The summed E-state index contributed by atoms with van der Waals surface area (Å²) in [6, 6.07) is 7.36. The summed E-state index contributed by atoms with van der Waals surface area (Å²) < 4.78 is 0. The molecule has 1 N–H and O–H groups in total. The molecule has 0 aliphatic heterocycles. The summed E-state index contributed by atoms with van der Waals surface area (Å²) in [5, 5.41) is 3.77. The molecule has 1 heteroatoms. The molecule has 1 atom stereocenters. The number of likely N-dealkylation sites (N-methyl/N-ethyl adjacent to an activating group) is 1. The fourth-order valence-electron chi connectivity index (χ4n) is 3.75. The molecule has 112 valence electrons. The van der Waals surface area contributed by atoms with Gasteiger partial charge < -0.3 is 5.32 Å². The number of benzene rings is 1. The van der Waals surface area contributed by atoms with E-state index >= 15 is 0 Å². The van der Waals surface area contributed by atoms with Gasteiger partial charge in [-0.3, -0.25) is 0 Å². The average Bonchev–Trinajstić information content (AvgIpc) is 2.43. The lowest BCUT2D eigenvalue weighted by atomic mass is 9.77. The minimum Gasteiger partial charge on any atom is -0.314 e. The largest absolute Gasteiger partial charge is 0.314 e. The second-order valence-electron chi connectivity index (χ2n) is 6.76. The third-order valence-electron chi connectivity index (χ3n) is 5.16. The van der Waals surface area contributed by atoms with Crippen LogP contribution in [0.4, 0.5) is 0 Å². The SMILES string of the molecule is CCNC(Cc1c(C)cccc1C)C1CCC(C)CC1. The molecule has 0 bridgehead atoms. The predicted molar refractivity (Wildman–Crippen MR) is 88.2 cm³/mol. The average molecular weight is 273 g/mol. The summed E-state index contributed by atoms with van der Waals surface area (Å²) in [5.74, 6) is 1.80. The molecule has 0 aromatic heterocycles. The normalized spacial score (nSPS) is 24.6. The van der Waals surface area contributed by atoms with Gasteiger partial charge in [0, 0.05) is 6.04 Å². The van der Waals surface area contributed by atoms with E-state index in [-0.39, 0.29) is 0 Å². The van der Waals surface area contributed by atoms with Gasteiger partial charge in [-0.25, -0.2) is 0 Å². The van der Waals surface area contributed by atoms with E-state index in [9.17, 15) is 0 Å². The molecule has 0 amide bonds. The molecule has 1 saturated carbocycles. The van der Waals surface area contributed by atoms with E-state index < -0.39 is 0 Å². The van der Waals surface area contributed by atoms with Crippen LogP contribution in [0.3, 0.4) is 0 Å². The first-order valence-electron chi connectivity index (χ1n) is 8.40. The highest BCUT2D eigenvalue weighted by atomic mass is 14.9. The summed E-state index contributed by atoms with van der Waals surface area (Å²) in [6.45, 7) is 10.2. The molecular formula is C19H31N. The maximum atomic E-state index is 3.77. The van der Waals surface area contributed by atoms with E-state index in [1.165, 1.54) is 43.2 Å². The lowest BCUT2D eigenvalue weighted by Gasteiger charge is -2.34. The van der Waals surface area contributed by atoms with Crippen molar-refractivity contribution in [3.8, 4) is 0 Å². The maximum absolute atomic E-state index is 3.77. The molecule has 0 saturated heterocycles. The van der Waals surface area contributed by atoms with Crippen molar-refractivity contribution in [3.05, 3.63) is 34.9 Å². The summed E-state index contributed by atoms with van der Waals surface area (Å²) in [5.41, 5.74) is 4.48. The fraction of sp³-hybridized carbons (Fsp3) is 0.684. The zero-order valence-electron chi connectivity index (χ0n) is 13.7. The third-order valence-corrected chi connectivity index (χ3v) is 5.16. The summed E-state index contributed by atoms with van der Waals surface area (Å²) in [7, 11) is 0. The quantitative estimate of drug-likeness (QED) is 0.823. The Hall–Kier alpha value is -0.820. The molecule has 0 spiro atoms. The molecule has 20 heavy (non-hydrogen) atoms. The molecule has 1 aliphatic rings. The van der Waals surface area contributed by atoms with E-state index in [4.69, 9.17) is 0 Å². The van der Waals surface area contributed by atoms with Gasteiger partial charge in [-0.1, -0.05) is 44.9 Å². The Morgan fingerprint density at radius 2 is 1.70 bits per heavy atom. The van der Waals surface area contributed by atoms with Crippen molar-refractivity contribution in [2.24, 2.45) is 11.8 Å². The van der Waals surface area contributed by atoms with E-state index in [2.05, 4.69) is 51.2 Å². The zero-order chi connectivity index (χ0) is 14.5. The molecule has 1 aliphatic carbocycles. The smallest absolute Gasteiger partial charge is 0.0136 e. The maximum Gasteiger partial charge on any atom is 0.0136 e. The number of aryl methyl sites for hydroxylation is 2. The van der Waals surface area contributed by atoms with Crippen molar-refractivity contribution in [2.45, 2.75) is 65.8 Å². The lowest BCUT2D eigenvalue weighted by molar-refractivity contribution is 0.230. The minimum atomic E-state index is 0.660. The first-order chi connectivity index (χ1) is 9.61. The number of hydrogen-bond acceptors (Lipinski definition) is 1. The van der Waals surface area contributed by atoms with E-state index in [1.54, 1.807) is 5.56 Å². The Labute approximate surface area is 125 Å². The van der Waals surface area contributed by atoms with Crippen LogP contribution < -0.4 is 5.32 Å². The molecule has 2 rings (SSSR count). The van der Waals surface area contributed by atoms with Crippen molar-refractivity contribution in [2.75, 3.05) is 6.54 Å². The molecule has 1 unspecified atom stereocenters. The second kappa shape index (κ2) is 7.26. The van der Waals surface area contributed by atoms with Crippen LogP contribution in [0.1, 0.15) is 56.2 Å². The first kappa shape index (κ1) is 15.6. The predicted octanol–water partition coefficient (Wildman–Crippen LogP) is 4.65. The summed E-state index contributed by atoms with van der Waals surface area (Å²) in [4.78, 5) is 0. The van der Waals surface area contributed by atoms with Gasteiger partial charge in [0.1, 0.15) is 0 Å². The zero-order valence-corrected chi connectivity index (χ0v) is 13.7. The van der Waals surface area contributed by atoms with E-state index in [0.29, 0.717) is 6.04 Å². The number of hydrogen-bond donors (Lipinski definition) is 1. The van der Waals surface area contributed by atoms with E-state index in [0.717, 1.165) is 18.4 Å². The van der Waals surface area contributed by atoms with Gasteiger partial charge >= 0.3 is 0 Å². The number of nitrogens with one attached hydrogen (secondary N) is 1. The monoisotopic (exact) mass is 273 g/mol. The highest BCUT2D eigenvalue weighted by Crippen LogP contribution is 2.32. The highest BCUT2D eigenvalue weighted by Gasteiger charge is 2.26. The standard InChI is InChI=1S/C19H31N/c1-5-20-19(17-11-9-14(2)10-12-17)13-18-15(3)7-6-8-16(18)4/h6-8,14,17,19-20H,5,9-13H2,1-4H3. The van der Waals surface area contributed by atoms with Crippen molar-refractivity contribution in [1.29, 1.82) is 0 Å². The molecule has 1 fully saturated rings. The van der Waals surface area contributed by atoms with Gasteiger partial charge in [0.2, 0.25) is 0 Å². The van der Waals surface area contributed by atoms with Gasteiger partial charge in [-0.15, -0.1) is 0 Å². The highest BCUT2D eigenvalue weighted by molar-refractivity contribution is 5.34. The van der Waals surface area contributed by atoms with Gasteiger partial charge in [-0.2, -0.15) is 0 Å². The minimum absolute atomic E-state index is 0.660. The van der Waals surface area contributed by atoms with Gasteiger partial charge in [0.25, 0.3) is 0 Å². The van der Waals surface area contributed by atoms with Crippen molar-refractivity contribution < 1.29 is 0 Å². The van der Waals surface area contributed by atoms with Gasteiger partial charge in [0.15, 0.2) is 0 Å². The van der Waals surface area contributed by atoms with E-state index in [1.807, 2.05) is 0 Å². The molecule has 1 nitrogen and oxygen atoms in total. The lowest BCUT2D eigenvalue weighted by Crippen LogP contribution is -2.39. The number of rotatable bonds is 5. The summed E-state index contributed by atoms with van der Waals surface area (Å²) in [6.07, 6.45) is 6.84. The van der Waals surface area contributed by atoms with Crippen LogP contribution in [0.15, 0.2) is 18.2 Å².